The number of rotatable bonds is 4. The van der Waals surface area contributed by atoms with Gasteiger partial charge in [-0.05, 0) is 24.7 Å². The Morgan fingerprint density at radius 2 is 1.71 bits per heavy atom. The van der Waals surface area contributed by atoms with E-state index in [1.54, 1.807) is 0 Å². The molecule has 0 aliphatic heterocycles. The van der Waals surface area contributed by atoms with E-state index in [1.807, 2.05) is 0 Å². The van der Waals surface area contributed by atoms with Gasteiger partial charge in [-0.3, -0.25) is 0 Å². The fourth-order valence-electron chi connectivity index (χ4n) is 2.85. The maximum atomic E-state index is 12.8. The molecular weight excluding hydrogens is 231 g/mol. The molecule has 0 heterocycles. The summed E-state index contributed by atoms with van der Waals surface area (Å²) in [4.78, 5) is 0. The van der Waals surface area contributed by atoms with Gasteiger partial charge >= 0.3 is 6.18 Å². The van der Waals surface area contributed by atoms with E-state index in [0.29, 0.717) is 18.8 Å². The number of hydrogen-bond acceptors (Lipinski definition) is 2. The molecule has 0 saturated heterocycles. The van der Waals surface area contributed by atoms with Gasteiger partial charge in [-0.15, -0.1) is 0 Å². The third-order valence-corrected chi connectivity index (χ3v) is 4.02. The summed E-state index contributed by atoms with van der Waals surface area (Å²) >= 11 is 0. The van der Waals surface area contributed by atoms with Gasteiger partial charge in [0.2, 0.25) is 0 Å². The van der Waals surface area contributed by atoms with Crippen molar-refractivity contribution in [2.45, 2.75) is 57.2 Å². The van der Waals surface area contributed by atoms with Crippen molar-refractivity contribution < 1.29 is 18.3 Å². The van der Waals surface area contributed by atoms with Crippen molar-refractivity contribution in [3.8, 4) is 0 Å². The van der Waals surface area contributed by atoms with Gasteiger partial charge in [-0.1, -0.05) is 32.6 Å². The summed E-state index contributed by atoms with van der Waals surface area (Å²) in [5.41, 5.74) is 2.46. The minimum Gasteiger partial charge on any atom is -0.379 e. The second kappa shape index (κ2) is 5.57. The van der Waals surface area contributed by atoms with Gasteiger partial charge in [-0.25, -0.2) is 0 Å². The van der Waals surface area contributed by atoms with Gasteiger partial charge in [0.05, 0.1) is 0 Å². The Bertz CT molecular complexity index is 236. The van der Waals surface area contributed by atoms with Crippen LogP contribution >= 0.6 is 0 Å². The SMILES string of the molecule is CCCC1CCC(C(O)(CN)C(F)(F)F)CC1. The van der Waals surface area contributed by atoms with E-state index in [4.69, 9.17) is 5.73 Å². The smallest absolute Gasteiger partial charge is 0.379 e. The molecule has 1 unspecified atom stereocenters. The highest BCUT2D eigenvalue weighted by Crippen LogP contribution is 2.44. The molecule has 0 aromatic rings. The molecule has 17 heavy (non-hydrogen) atoms. The fraction of sp³-hybridized carbons (Fsp3) is 1.00. The van der Waals surface area contributed by atoms with Gasteiger partial charge in [0, 0.05) is 6.54 Å². The van der Waals surface area contributed by atoms with Crippen LogP contribution in [-0.4, -0.2) is 23.4 Å². The predicted octanol–water partition coefficient (Wildman–Crippen LogP) is 2.85. The van der Waals surface area contributed by atoms with Crippen molar-refractivity contribution in [3.63, 3.8) is 0 Å². The normalized spacial score (nSPS) is 30.0. The first-order valence-corrected chi connectivity index (χ1v) is 6.34. The highest BCUT2D eigenvalue weighted by atomic mass is 19.4. The molecule has 102 valence electrons. The number of nitrogens with two attached hydrogens (primary N) is 1. The molecule has 0 aromatic heterocycles. The molecule has 1 fully saturated rings. The first kappa shape index (κ1) is 14.8. The van der Waals surface area contributed by atoms with Gasteiger partial charge in [0.15, 0.2) is 5.60 Å². The molecule has 0 aromatic carbocycles. The lowest BCUT2D eigenvalue weighted by atomic mass is 9.72. The average molecular weight is 253 g/mol. The maximum Gasteiger partial charge on any atom is 0.418 e. The van der Waals surface area contributed by atoms with Crippen LogP contribution in [0.3, 0.4) is 0 Å². The molecule has 3 N–H and O–H groups in total. The number of hydrogen-bond donors (Lipinski definition) is 2. The Labute approximate surface area is 100 Å². The fourth-order valence-corrected chi connectivity index (χ4v) is 2.85. The zero-order chi connectivity index (χ0) is 13.1. The summed E-state index contributed by atoms with van der Waals surface area (Å²) < 4.78 is 38.4. The molecule has 0 spiro atoms. The molecule has 2 nitrogen and oxygen atoms in total. The number of halogens is 3. The maximum absolute atomic E-state index is 12.8. The minimum atomic E-state index is -4.62. The lowest BCUT2D eigenvalue weighted by molar-refractivity contribution is -0.278. The molecule has 1 rings (SSSR count). The van der Waals surface area contributed by atoms with Crippen molar-refractivity contribution in [1.82, 2.24) is 0 Å². The van der Waals surface area contributed by atoms with Crippen LogP contribution in [0, 0.1) is 11.8 Å². The van der Waals surface area contributed by atoms with Crippen molar-refractivity contribution in [1.29, 1.82) is 0 Å². The highest BCUT2D eigenvalue weighted by Gasteiger charge is 2.57. The summed E-state index contributed by atoms with van der Waals surface area (Å²) in [6, 6.07) is 0. The van der Waals surface area contributed by atoms with Gasteiger partial charge in [0.25, 0.3) is 0 Å². The van der Waals surface area contributed by atoms with Crippen LogP contribution in [0.2, 0.25) is 0 Å². The first-order chi connectivity index (χ1) is 7.85. The zero-order valence-electron chi connectivity index (χ0n) is 10.3. The molecule has 0 amide bonds. The number of aliphatic hydroxyl groups is 1. The standard InChI is InChI=1S/C12H22F3NO/c1-2-3-9-4-6-10(7-5-9)11(17,8-16)12(13,14)15/h9-10,17H,2-8,16H2,1H3. The summed E-state index contributed by atoms with van der Waals surface area (Å²) in [6.45, 7) is 1.34. The van der Waals surface area contributed by atoms with Crippen LogP contribution < -0.4 is 5.73 Å². The number of alkyl halides is 3. The summed E-state index contributed by atoms with van der Waals surface area (Å²) in [5.74, 6) is -0.216. The summed E-state index contributed by atoms with van der Waals surface area (Å²) in [7, 11) is 0. The van der Waals surface area contributed by atoms with Crippen molar-refractivity contribution >= 4 is 0 Å². The Balaban J connectivity index is 2.63. The summed E-state index contributed by atoms with van der Waals surface area (Å²) in [5, 5.41) is 9.75. The van der Waals surface area contributed by atoms with E-state index >= 15 is 0 Å². The lowest BCUT2D eigenvalue weighted by Crippen LogP contribution is -2.57. The molecule has 1 aliphatic rings. The van der Waals surface area contributed by atoms with Crippen LogP contribution in [0.15, 0.2) is 0 Å². The first-order valence-electron chi connectivity index (χ1n) is 6.34. The molecule has 5 heteroatoms. The Morgan fingerprint density at radius 3 is 2.06 bits per heavy atom. The predicted molar refractivity (Wildman–Crippen MR) is 60.4 cm³/mol. The molecule has 1 saturated carbocycles. The summed E-state index contributed by atoms with van der Waals surface area (Å²) in [6.07, 6.45) is -0.0802. The molecular formula is C12H22F3NO. The Hall–Kier alpha value is -0.290. The largest absolute Gasteiger partial charge is 0.418 e. The van der Waals surface area contributed by atoms with Crippen molar-refractivity contribution in [3.05, 3.63) is 0 Å². The third-order valence-electron chi connectivity index (χ3n) is 4.02. The quantitative estimate of drug-likeness (QED) is 0.809. The van der Waals surface area contributed by atoms with Crippen molar-refractivity contribution in [2.24, 2.45) is 17.6 Å². The van der Waals surface area contributed by atoms with Crippen LogP contribution in [0.4, 0.5) is 13.2 Å². The average Bonchev–Trinajstić information content (AvgIpc) is 2.28. The lowest BCUT2D eigenvalue weighted by Gasteiger charge is -2.40. The van der Waals surface area contributed by atoms with E-state index in [1.165, 1.54) is 0 Å². The Kier molecular flexibility index (Phi) is 4.84. The van der Waals surface area contributed by atoms with Gasteiger partial charge in [-0.2, -0.15) is 13.2 Å². The van der Waals surface area contributed by atoms with Gasteiger partial charge in [0.1, 0.15) is 0 Å². The van der Waals surface area contributed by atoms with Crippen LogP contribution in [0.25, 0.3) is 0 Å². The molecule has 0 bridgehead atoms. The third kappa shape index (κ3) is 3.13. The van der Waals surface area contributed by atoms with Gasteiger partial charge < -0.3 is 10.8 Å². The molecule has 0 radical (unpaired) electrons. The second-order valence-electron chi connectivity index (χ2n) is 5.13. The zero-order valence-corrected chi connectivity index (χ0v) is 10.3. The molecule has 1 atom stereocenters. The van der Waals surface area contributed by atoms with Crippen LogP contribution in [-0.2, 0) is 0 Å². The van der Waals surface area contributed by atoms with Crippen LogP contribution in [0.5, 0.6) is 0 Å². The second-order valence-corrected chi connectivity index (χ2v) is 5.13. The minimum absolute atomic E-state index is 0.428. The Morgan fingerprint density at radius 1 is 1.18 bits per heavy atom. The van der Waals surface area contributed by atoms with E-state index in [-0.39, 0.29) is 0 Å². The van der Waals surface area contributed by atoms with Crippen LogP contribution in [0.1, 0.15) is 45.4 Å². The van der Waals surface area contributed by atoms with E-state index < -0.39 is 24.2 Å². The monoisotopic (exact) mass is 253 g/mol. The van der Waals surface area contributed by atoms with E-state index in [0.717, 1.165) is 25.7 Å². The van der Waals surface area contributed by atoms with Crippen molar-refractivity contribution in [2.75, 3.05) is 6.54 Å². The topological polar surface area (TPSA) is 46.2 Å². The highest BCUT2D eigenvalue weighted by molar-refractivity contribution is 4.96. The van der Waals surface area contributed by atoms with E-state index in [2.05, 4.69) is 6.92 Å². The molecule has 1 aliphatic carbocycles. The van der Waals surface area contributed by atoms with E-state index in [9.17, 15) is 18.3 Å².